The predicted octanol–water partition coefficient (Wildman–Crippen LogP) is 7.49. The fourth-order valence-electron chi connectivity index (χ4n) is 2.74. The van der Waals surface area contributed by atoms with Crippen LogP contribution in [0.3, 0.4) is 0 Å². The van der Waals surface area contributed by atoms with Gasteiger partial charge in [0.15, 0.2) is 0 Å². The number of ether oxygens (including phenoxy) is 1. The zero-order chi connectivity index (χ0) is 17.9. The standard InChI is InChI=1S/C22H40O2/c1-4-5-6-7-8-9-10-11-12-13-14-15-16-17-18-19-20-24-22(23)21(2)3/h19-20H,2,4-18H2,1,3H3. The molecule has 0 fully saturated rings. The molecule has 0 aromatic rings. The summed E-state index contributed by atoms with van der Waals surface area (Å²) in [6, 6.07) is 0. The van der Waals surface area contributed by atoms with E-state index in [1.54, 1.807) is 6.92 Å². The van der Waals surface area contributed by atoms with Crippen LogP contribution in [0.2, 0.25) is 0 Å². The fraction of sp³-hybridized carbons (Fsp3) is 0.773. The van der Waals surface area contributed by atoms with Crippen LogP contribution >= 0.6 is 0 Å². The third-order valence-electron chi connectivity index (χ3n) is 4.34. The molecule has 24 heavy (non-hydrogen) atoms. The van der Waals surface area contributed by atoms with Gasteiger partial charge in [0.2, 0.25) is 0 Å². The van der Waals surface area contributed by atoms with Gasteiger partial charge in [-0.05, 0) is 25.8 Å². The highest BCUT2D eigenvalue weighted by molar-refractivity contribution is 5.87. The van der Waals surface area contributed by atoms with Gasteiger partial charge in [0, 0.05) is 5.57 Å². The van der Waals surface area contributed by atoms with Crippen LogP contribution in [-0.4, -0.2) is 5.97 Å². The Kier molecular flexibility index (Phi) is 17.5. The molecule has 0 bridgehead atoms. The second-order valence-electron chi connectivity index (χ2n) is 6.94. The molecule has 0 radical (unpaired) electrons. The largest absolute Gasteiger partial charge is 0.431 e. The average Bonchev–Trinajstić information content (AvgIpc) is 2.57. The minimum Gasteiger partial charge on any atom is -0.431 e. The molecule has 0 amide bonds. The van der Waals surface area contributed by atoms with Crippen molar-refractivity contribution in [2.45, 2.75) is 110 Å². The molecule has 0 aliphatic rings. The van der Waals surface area contributed by atoms with Gasteiger partial charge in [-0.15, -0.1) is 0 Å². The summed E-state index contributed by atoms with van der Waals surface area (Å²) in [6.45, 7) is 7.47. The highest BCUT2D eigenvalue weighted by Gasteiger charge is 1.98. The molecule has 0 rings (SSSR count). The van der Waals surface area contributed by atoms with Crippen LogP contribution in [0.5, 0.6) is 0 Å². The van der Waals surface area contributed by atoms with Crippen LogP contribution < -0.4 is 0 Å². The molecule has 0 N–H and O–H groups in total. The number of hydrogen-bond donors (Lipinski definition) is 0. The second-order valence-corrected chi connectivity index (χ2v) is 6.94. The van der Waals surface area contributed by atoms with E-state index in [1.165, 1.54) is 96.2 Å². The van der Waals surface area contributed by atoms with Gasteiger partial charge in [0.05, 0.1) is 6.26 Å². The van der Waals surface area contributed by atoms with Gasteiger partial charge in [-0.1, -0.05) is 97.0 Å². The fourth-order valence-corrected chi connectivity index (χ4v) is 2.74. The molecule has 140 valence electrons. The number of esters is 1. The molecule has 0 aromatic heterocycles. The molecular formula is C22H40O2. The SMILES string of the molecule is C=C(C)C(=O)OC=CCCCCCCCCCCCCCCCC. The highest BCUT2D eigenvalue weighted by atomic mass is 16.5. The summed E-state index contributed by atoms with van der Waals surface area (Å²) in [5, 5.41) is 0. The Labute approximate surface area is 150 Å². The maximum Gasteiger partial charge on any atom is 0.337 e. The predicted molar refractivity (Wildman–Crippen MR) is 105 cm³/mol. The lowest BCUT2D eigenvalue weighted by atomic mass is 10.0. The first-order valence-corrected chi connectivity index (χ1v) is 10.2. The van der Waals surface area contributed by atoms with Crippen LogP contribution in [0.4, 0.5) is 0 Å². The monoisotopic (exact) mass is 336 g/mol. The van der Waals surface area contributed by atoms with Gasteiger partial charge < -0.3 is 4.74 Å². The van der Waals surface area contributed by atoms with E-state index in [1.807, 2.05) is 6.08 Å². The minimum absolute atomic E-state index is 0.341. The third kappa shape index (κ3) is 17.3. The topological polar surface area (TPSA) is 26.3 Å². The number of rotatable bonds is 17. The number of allylic oxidation sites excluding steroid dienone is 1. The van der Waals surface area contributed by atoms with Crippen molar-refractivity contribution in [3.05, 3.63) is 24.5 Å². The van der Waals surface area contributed by atoms with Crippen LogP contribution in [-0.2, 0) is 9.53 Å². The van der Waals surface area contributed by atoms with E-state index in [4.69, 9.17) is 4.74 Å². The molecular weight excluding hydrogens is 296 g/mol. The molecule has 0 heterocycles. The van der Waals surface area contributed by atoms with Crippen molar-refractivity contribution in [2.75, 3.05) is 0 Å². The van der Waals surface area contributed by atoms with Crippen LogP contribution in [0, 0.1) is 0 Å². The van der Waals surface area contributed by atoms with Gasteiger partial charge in [0.1, 0.15) is 0 Å². The third-order valence-corrected chi connectivity index (χ3v) is 4.34. The molecule has 0 spiro atoms. The van der Waals surface area contributed by atoms with E-state index in [2.05, 4.69) is 13.5 Å². The lowest BCUT2D eigenvalue weighted by molar-refractivity contribution is -0.133. The zero-order valence-electron chi connectivity index (χ0n) is 16.3. The Morgan fingerprint density at radius 2 is 1.21 bits per heavy atom. The quantitative estimate of drug-likeness (QED) is 0.119. The molecule has 0 aliphatic heterocycles. The molecule has 2 heteroatoms. The summed E-state index contributed by atoms with van der Waals surface area (Å²) in [6.07, 6.45) is 23.7. The zero-order valence-corrected chi connectivity index (χ0v) is 16.3. The first-order valence-electron chi connectivity index (χ1n) is 10.2. The summed E-state index contributed by atoms with van der Waals surface area (Å²) >= 11 is 0. The number of unbranched alkanes of at least 4 members (excludes halogenated alkanes) is 14. The van der Waals surface area contributed by atoms with Gasteiger partial charge in [-0.2, -0.15) is 0 Å². The number of carbonyl (C=O) groups excluding carboxylic acids is 1. The number of hydrogen-bond acceptors (Lipinski definition) is 2. The molecule has 0 saturated carbocycles. The van der Waals surface area contributed by atoms with Crippen LogP contribution in [0.15, 0.2) is 24.5 Å². The molecule has 0 aliphatic carbocycles. The lowest BCUT2D eigenvalue weighted by Gasteiger charge is -2.02. The molecule has 0 atom stereocenters. The van der Waals surface area contributed by atoms with Crippen molar-refractivity contribution in [3.8, 4) is 0 Å². The summed E-state index contributed by atoms with van der Waals surface area (Å²) in [4.78, 5) is 11.1. The highest BCUT2D eigenvalue weighted by Crippen LogP contribution is 2.13. The van der Waals surface area contributed by atoms with E-state index in [0.717, 1.165) is 6.42 Å². The van der Waals surface area contributed by atoms with Gasteiger partial charge >= 0.3 is 5.97 Å². The molecule has 2 nitrogen and oxygen atoms in total. The van der Waals surface area contributed by atoms with E-state index in [-0.39, 0.29) is 5.97 Å². The Morgan fingerprint density at radius 1 is 0.792 bits per heavy atom. The molecule has 0 aromatic carbocycles. The van der Waals surface area contributed by atoms with E-state index < -0.39 is 0 Å². The first-order chi connectivity index (χ1) is 11.7. The second kappa shape index (κ2) is 18.3. The van der Waals surface area contributed by atoms with Crippen LogP contribution in [0.1, 0.15) is 110 Å². The molecule has 0 unspecified atom stereocenters. The average molecular weight is 337 g/mol. The Morgan fingerprint density at radius 3 is 1.62 bits per heavy atom. The normalized spacial score (nSPS) is 11.1. The summed E-state index contributed by atoms with van der Waals surface area (Å²) in [5.41, 5.74) is 0.441. The smallest absolute Gasteiger partial charge is 0.337 e. The Hall–Kier alpha value is -1.05. The van der Waals surface area contributed by atoms with Gasteiger partial charge in [-0.25, -0.2) is 4.79 Å². The van der Waals surface area contributed by atoms with Crippen molar-refractivity contribution < 1.29 is 9.53 Å². The maximum atomic E-state index is 11.1. The molecule has 0 saturated heterocycles. The van der Waals surface area contributed by atoms with Gasteiger partial charge in [0.25, 0.3) is 0 Å². The van der Waals surface area contributed by atoms with Crippen molar-refractivity contribution in [3.63, 3.8) is 0 Å². The van der Waals surface area contributed by atoms with Gasteiger partial charge in [-0.3, -0.25) is 0 Å². The van der Waals surface area contributed by atoms with Crippen molar-refractivity contribution in [1.82, 2.24) is 0 Å². The Balaban J connectivity index is 3.14. The maximum absolute atomic E-state index is 11.1. The summed E-state index contributed by atoms with van der Waals surface area (Å²) < 4.78 is 4.90. The van der Waals surface area contributed by atoms with Crippen molar-refractivity contribution in [1.29, 1.82) is 0 Å². The van der Waals surface area contributed by atoms with Crippen LogP contribution in [0.25, 0.3) is 0 Å². The van der Waals surface area contributed by atoms with E-state index in [9.17, 15) is 4.79 Å². The Bertz CT molecular complexity index is 331. The summed E-state index contributed by atoms with van der Waals surface area (Å²) in [7, 11) is 0. The van der Waals surface area contributed by atoms with Crippen molar-refractivity contribution >= 4 is 5.97 Å². The summed E-state index contributed by atoms with van der Waals surface area (Å²) in [5.74, 6) is -0.341. The minimum atomic E-state index is -0.341. The van der Waals surface area contributed by atoms with E-state index >= 15 is 0 Å². The number of carbonyl (C=O) groups is 1. The lowest BCUT2D eigenvalue weighted by Crippen LogP contribution is -1.98. The first kappa shape index (κ1) is 22.9. The van der Waals surface area contributed by atoms with E-state index in [0.29, 0.717) is 5.57 Å². The van der Waals surface area contributed by atoms with Crippen molar-refractivity contribution in [2.24, 2.45) is 0 Å².